The number of amides is 2. The second-order valence-electron chi connectivity index (χ2n) is 10.9. The van der Waals surface area contributed by atoms with Crippen molar-refractivity contribution in [2.75, 3.05) is 19.6 Å². The maximum Gasteiger partial charge on any atom is 0.256 e. The first kappa shape index (κ1) is 20.9. The van der Waals surface area contributed by atoms with Crippen molar-refractivity contribution >= 4 is 28.6 Å². The normalized spacial score (nSPS) is 21.1. The minimum Gasteiger partial charge on any atom is -0.461 e. The summed E-state index contributed by atoms with van der Waals surface area (Å²) in [7, 11) is 0. The predicted octanol–water partition coefficient (Wildman–Crippen LogP) is 4.71. The summed E-state index contributed by atoms with van der Waals surface area (Å²) in [5.41, 5.74) is 4.84. The maximum atomic E-state index is 13.3. The Morgan fingerprint density at radius 1 is 1.06 bits per heavy atom. The second-order valence-corrected chi connectivity index (χ2v) is 10.9. The summed E-state index contributed by atoms with van der Waals surface area (Å²) in [6, 6.07) is 14.7. The van der Waals surface area contributed by atoms with E-state index in [-0.39, 0.29) is 11.8 Å². The number of carbonyl (C=O) groups excluding carboxylic acids is 2. The first-order valence-corrected chi connectivity index (χ1v) is 12.7. The lowest BCUT2D eigenvalue weighted by Crippen LogP contribution is -2.55. The van der Waals surface area contributed by atoms with Crippen LogP contribution in [0.25, 0.3) is 22.1 Å². The molecule has 0 N–H and O–H groups in total. The lowest BCUT2D eigenvalue weighted by molar-refractivity contribution is -0.139. The molecular weight excluding hydrogens is 438 g/mol. The van der Waals surface area contributed by atoms with Crippen LogP contribution in [0.4, 0.5) is 0 Å². The lowest BCUT2D eigenvalue weighted by Gasteiger charge is -2.41. The largest absolute Gasteiger partial charge is 0.461 e. The molecule has 0 atom stereocenters. The van der Waals surface area contributed by atoms with E-state index in [1.54, 1.807) is 0 Å². The number of hydrogen-bond acceptors (Lipinski definition) is 4. The van der Waals surface area contributed by atoms with Crippen LogP contribution in [0, 0.1) is 25.7 Å². The Hall–Kier alpha value is -3.41. The number of likely N-dealkylation sites (tertiary alicyclic amines) is 1. The molecule has 3 heterocycles. The summed E-state index contributed by atoms with van der Waals surface area (Å²) in [5.74, 6) is 2.74. The third-order valence-corrected chi connectivity index (χ3v) is 8.01. The van der Waals surface area contributed by atoms with Crippen LogP contribution in [0.3, 0.4) is 0 Å². The van der Waals surface area contributed by atoms with Gasteiger partial charge in [0.2, 0.25) is 5.91 Å². The molecule has 3 fully saturated rings. The maximum absolute atomic E-state index is 13.3. The van der Waals surface area contributed by atoms with Crippen molar-refractivity contribution in [1.29, 1.82) is 0 Å². The highest BCUT2D eigenvalue weighted by atomic mass is 16.3. The standard InChI is InChI=1S/C29H29N3O3/c1-17-11-22(5-7-24(17)21-6-8-25-23(13-21)12-18(2)35-25)26-30-29(9-10-29)28(34)32(26)16-19-14-31(15-19)27(33)20-3-4-20/h5-8,11-13,19-20H,3-4,9-10,14-16H2,1-2H3. The molecule has 7 rings (SSSR count). The zero-order valence-corrected chi connectivity index (χ0v) is 20.2. The summed E-state index contributed by atoms with van der Waals surface area (Å²) < 4.78 is 5.73. The number of aliphatic imine (C=N–C) groups is 1. The zero-order valence-electron chi connectivity index (χ0n) is 20.2. The number of hydrogen-bond donors (Lipinski definition) is 0. The van der Waals surface area contributed by atoms with Gasteiger partial charge in [-0.05, 0) is 80.5 Å². The van der Waals surface area contributed by atoms with E-state index in [1.807, 2.05) is 22.8 Å². The molecule has 0 unspecified atom stereocenters. The summed E-state index contributed by atoms with van der Waals surface area (Å²) >= 11 is 0. The van der Waals surface area contributed by atoms with E-state index in [4.69, 9.17) is 9.41 Å². The van der Waals surface area contributed by atoms with Gasteiger partial charge in [-0.1, -0.05) is 18.2 Å². The van der Waals surface area contributed by atoms with E-state index < -0.39 is 5.54 Å². The molecule has 35 heavy (non-hydrogen) atoms. The first-order chi connectivity index (χ1) is 16.9. The van der Waals surface area contributed by atoms with Gasteiger partial charge >= 0.3 is 0 Å². The average Bonchev–Trinajstić information content (AvgIpc) is 3.72. The second kappa shape index (κ2) is 7.30. The van der Waals surface area contributed by atoms with E-state index in [0.29, 0.717) is 18.4 Å². The van der Waals surface area contributed by atoms with Gasteiger partial charge in [0.25, 0.3) is 5.91 Å². The molecular formula is C29H29N3O3. The Morgan fingerprint density at radius 3 is 2.54 bits per heavy atom. The quantitative estimate of drug-likeness (QED) is 0.546. The van der Waals surface area contributed by atoms with Gasteiger partial charge < -0.3 is 9.32 Å². The molecule has 2 aliphatic heterocycles. The summed E-state index contributed by atoms with van der Waals surface area (Å²) in [6.45, 7) is 6.24. The fraction of sp³-hybridized carbons (Fsp3) is 0.414. The minimum absolute atomic E-state index is 0.141. The van der Waals surface area contributed by atoms with Crippen LogP contribution in [-0.4, -0.2) is 52.6 Å². The molecule has 2 saturated carbocycles. The first-order valence-electron chi connectivity index (χ1n) is 12.7. The van der Waals surface area contributed by atoms with Gasteiger partial charge in [-0.2, -0.15) is 0 Å². The predicted molar refractivity (Wildman–Crippen MR) is 134 cm³/mol. The SMILES string of the molecule is Cc1cc2cc(-c3ccc(C4=NC5(CC5)C(=O)N4CC4CN(C(=O)C5CC5)C4)cc3C)ccc2o1. The Balaban J connectivity index is 1.14. The summed E-state index contributed by atoms with van der Waals surface area (Å²) in [6.07, 6.45) is 3.75. The molecule has 2 aromatic carbocycles. The lowest BCUT2D eigenvalue weighted by atomic mass is 9.96. The molecule has 2 aliphatic carbocycles. The number of aryl methyl sites for hydroxylation is 2. The summed E-state index contributed by atoms with van der Waals surface area (Å²) in [4.78, 5) is 34.4. The van der Waals surface area contributed by atoms with Crippen LogP contribution in [0.15, 0.2) is 51.9 Å². The number of fused-ring (bicyclic) bond motifs is 1. The smallest absolute Gasteiger partial charge is 0.256 e. The van der Waals surface area contributed by atoms with Gasteiger partial charge in [0.15, 0.2) is 0 Å². The number of benzene rings is 2. The van der Waals surface area contributed by atoms with Gasteiger partial charge in [0, 0.05) is 42.4 Å². The molecule has 6 nitrogen and oxygen atoms in total. The highest BCUT2D eigenvalue weighted by Gasteiger charge is 2.58. The average molecular weight is 468 g/mol. The van der Waals surface area contributed by atoms with Gasteiger partial charge in [0.05, 0.1) is 0 Å². The van der Waals surface area contributed by atoms with Crippen molar-refractivity contribution in [3.8, 4) is 11.1 Å². The third-order valence-electron chi connectivity index (χ3n) is 8.01. The molecule has 4 aliphatic rings. The number of nitrogens with zero attached hydrogens (tertiary/aromatic N) is 3. The van der Waals surface area contributed by atoms with Crippen LogP contribution >= 0.6 is 0 Å². The molecule has 1 spiro atoms. The number of carbonyl (C=O) groups is 2. The van der Waals surface area contributed by atoms with Crippen LogP contribution in [-0.2, 0) is 9.59 Å². The topological polar surface area (TPSA) is 66.1 Å². The molecule has 178 valence electrons. The number of amidine groups is 1. The van der Waals surface area contributed by atoms with Gasteiger partial charge in [-0.15, -0.1) is 0 Å². The van der Waals surface area contributed by atoms with Crippen molar-refractivity contribution in [3.63, 3.8) is 0 Å². The Kier molecular flexibility index (Phi) is 4.36. The van der Waals surface area contributed by atoms with Crippen LogP contribution < -0.4 is 0 Å². The molecule has 2 amide bonds. The van der Waals surface area contributed by atoms with Crippen molar-refractivity contribution in [2.45, 2.75) is 45.1 Å². The number of furan rings is 1. The van der Waals surface area contributed by atoms with E-state index in [2.05, 4.69) is 43.3 Å². The molecule has 0 radical (unpaired) electrons. The van der Waals surface area contributed by atoms with Crippen LogP contribution in [0.5, 0.6) is 0 Å². The third kappa shape index (κ3) is 3.41. The Bertz CT molecular complexity index is 1420. The Labute approximate surface area is 204 Å². The number of rotatable bonds is 5. The Morgan fingerprint density at radius 2 is 1.83 bits per heavy atom. The van der Waals surface area contributed by atoms with Crippen molar-refractivity contribution in [1.82, 2.24) is 9.80 Å². The molecule has 1 aromatic heterocycles. The van der Waals surface area contributed by atoms with E-state index >= 15 is 0 Å². The van der Waals surface area contributed by atoms with E-state index in [9.17, 15) is 9.59 Å². The molecule has 1 saturated heterocycles. The van der Waals surface area contributed by atoms with E-state index in [0.717, 1.165) is 78.0 Å². The van der Waals surface area contributed by atoms with E-state index in [1.165, 1.54) is 5.56 Å². The molecule has 3 aromatic rings. The van der Waals surface area contributed by atoms with Crippen molar-refractivity contribution < 1.29 is 14.0 Å². The minimum atomic E-state index is -0.528. The van der Waals surface area contributed by atoms with Gasteiger partial charge in [-0.3, -0.25) is 19.5 Å². The van der Waals surface area contributed by atoms with Crippen molar-refractivity contribution in [2.24, 2.45) is 16.8 Å². The highest BCUT2D eigenvalue weighted by molar-refractivity contribution is 6.16. The highest BCUT2D eigenvalue weighted by Crippen LogP contribution is 2.46. The molecule has 6 heteroatoms. The summed E-state index contributed by atoms with van der Waals surface area (Å²) in [5, 5.41) is 1.10. The zero-order chi connectivity index (χ0) is 23.9. The van der Waals surface area contributed by atoms with Gasteiger partial charge in [0.1, 0.15) is 22.7 Å². The monoisotopic (exact) mass is 467 g/mol. The fourth-order valence-corrected chi connectivity index (χ4v) is 5.67. The van der Waals surface area contributed by atoms with Gasteiger partial charge in [-0.25, -0.2) is 0 Å². The van der Waals surface area contributed by atoms with Crippen molar-refractivity contribution in [3.05, 3.63) is 59.4 Å². The van der Waals surface area contributed by atoms with Crippen LogP contribution in [0.2, 0.25) is 0 Å². The fourth-order valence-electron chi connectivity index (χ4n) is 5.67. The molecule has 0 bridgehead atoms. The van der Waals surface area contributed by atoms with Crippen LogP contribution in [0.1, 0.15) is 42.6 Å².